The van der Waals surface area contributed by atoms with Gasteiger partial charge in [0.1, 0.15) is 5.75 Å². The van der Waals surface area contributed by atoms with Crippen LogP contribution in [0.4, 0.5) is 0 Å². The van der Waals surface area contributed by atoms with E-state index in [-0.39, 0.29) is 0 Å². The van der Waals surface area contributed by atoms with E-state index in [4.69, 9.17) is 4.74 Å². The highest BCUT2D eigenvalue weighted by molar-refractivity contribution is 5.95. The van der Waals surface area contributed by atoms with E-state index in [1.165, 1.54) is 44.4 Å². The lowest BCUT2D eigenvalue weighted by atomic mass is 10.1. The summed E-state index contributed by atoms with van der Waals surface area (Å²) in [5, 5.41) is 1.38. The van der Waals surface area contributed by atoms with E-state index in [1.807, 2.05) is 12.1 Å². The van der Waals surface area contributed by atoms with Crippen LogP contribution in [-0.2, 0) is 13.0 Å². The van der Waals surface area contributed by atoms with E-state index in [9.17, 15) is 0 Å². The molecule has 0 radical (unpaired) electrons. The van der Waals surface area contributed by atoms with Gasteiger partial charge in [-0.05, 0) is 36.2 Å². The molecule has 0 bridgehead atoms. The highest BCUT2D eigenvalue weighted by Gasteiger charge is 2.26. The Balaban J connectivity index is 1.78. The maximum atomic E-state index is 5.60. The van der Waals surface area contributed by atoms with Gasteiger partial charge in [-0.1, -0.05) is 54.1 Å². The molecule has 26 heavy (non-hydrogen) atoms. The topological polar surface area (TPSA) is 14.2 Å². The Labute approximate surface area is 153 Å². The number of benzene rings is 3. The molecular weight excluding hydrogens is 318 g/mol. The summed E-state index contributed by atoms with van der Waals surface area (Å²) in [5.41, 5.74) is 9.44. The monoisotopic (exact) mass is 339 g/mol. The number of methoxy groups -OCH3 is 1. The van der Waals surface area contributed by atoms with E-state index >= 15 is 0 Å². The lowest BCUT2D eigenvalue weighted by Gasteiger charge is -2.14. The molecule has 0 atom stereocenters. The molecule has 0 spiro atoms. The summed E-state index contributed by atoms with van der Waals surface area (Å²) in [5.74, 6) is 0.946. The fourth-order valence-electron chi connectivity index (χ4n) is 4.29. The van der Waals surface area contributed by atoms with Crippen LogP contribution in [0.1, 0.15) is 22.3 Å². The molecule has 0 amide bonds. The number of nitrogens with zero attached hydrogens (tertiary/aromatic N) is 1. The van der Waals surface area contributed by atoms with Crippen molar-refractivity contribution in [2.75, 3.05) is 7.11 Å². The molecule has 2 heteroatoms. The van der Waals surface area contributed by atoms with Gasteiger partial charge in [-0.15, -0.1) is 0 Å². The molecule has 0 saturated carbocycles. The summed E-state index contributed by atoms with van der Waals surface area (Å²) in [6.07, 6.45) is 1.02. The van der Waals surface area contributed by atoms with Gasteiger partial charge in [-0.3, -0.25) is 0 Å². The van der Waals surface area contributed by atoms with Crippen LogP contribution < -0.4 is 4.74 Å². The minimum absolute atomic E-state index is 0.813. The number of aromatic nitrogens is 1. The van der Waals surface area contributed by atoms with Crippen LogP contribution in [-0.4, -0.2) is 11.7 Å². The van der Waals surface area contributed by atoms with Crippen molar-refractivity contribution in [1.82, 2.24) is 4.57 Å². The molecule has 128 valence electrons. The Bertz CT molecular complexity index is 1140. The van der Waals surface area contributed by atoms with Crippen LogP contribution in [0.15, 0.2) is 66.7 Å². The minimum atomic E-state index is 0.813. The number of ether oxygens (including phenoxy) is 1. The van der Waals surface area contributed by atoms with Crippen molar-refractivity contribution in [1.29, 1.82) is 0 Å². The Morgan fingerprint density at radius 2 is 1.77 bits per heavy atom. The van der Waals surface area contributed by atoms with Crippen molar-refractivity contribution < 1.29 is 4.74 Å². The van der Waals surface area contributed by atoms with Crippen molar-refractivity contribution in [3.05, 3.63) is 89.0 Å². The molecule has 1 aliphatic carbocycles. The Hall–Kier alpha value is -3.00. The van der Waals surface area contributed by atoms with Crippen molar-refractivity contribution >= 4 is 10.9 Å². The lowest BCUT2D eigenvalue weighted by molar-refractivity contribution is 0.408. The highest BCUT2D eigenvalue weighted by atomic mass is 16.5. The maximum absolute atomic E-state index is 5.60. The molecule has 0 saturated heterocycles. The standard InChI is InChI=1S/C24H21NO/c1-16-11-12-22-20(13-16)21-14-17-7-3-5-9-19(17)24(21)25(22)15-18-8-4-6-10-23(18)26-2/h3-13H,14-15H2,1-2H3. The quantitative estimate of drug-likeness (QED) is 0.419. The van der Waals surface area contributed by atoms with E-state index in [0.29, 0.717) is 0 Å². The summed E-state index contributed by atoms with van der Waals surface area (Å²) in [7, 11) is 1.75. The lowest BCUT2D eigenvalue weighted by Crippen LogP contribution is -2.03. The smallest absolute Gasteiger partial charge is 0.123 e. The average molecular weight is 339 g/mol. The Morgan fingerprint density at radius 1 is 0.962 bits per heavy atom. The molecule has 1 heterocycles. The maximum Gasteiger partial charge on any atom is 0.123 e. The van der Waals surface area contributed by atoms with Gasteiger partial charge < -0.3 is 9.30 Å². The number of hydrogen-bond acceptors (Lipinski definition) is 1. The predicted molar refractivity (Wildman–Crippen MR) is 107 cm³/mol. The summed E-state index contributed by atoms with van der Waals surface area (Å²) in [6.45, 7) is 2.98. The van der Waals surface area contributed by atoms with Crippen molar-refractivity contribution in [3.63, 3.8) is 0 Å². The van der Waals surface area contributed by atoms with E-state index in [2.05, 4.69) is 66.1 Å². The van der Waals surface area contributed by atoms with Crippen LogP contribution in [0.2, 0.25) is 0 Å². The van der Waals surface area contributed by atoms with E-state index < -0.39 is 0 Å². The zero-order valence-electron chi connectivity index (χ0n) is 15.1. The summed E-state index contributed by atoms with van der Waals surface area (Å²) in [4.78, 5) is 0. The molecule has 1 aliphatic rings. The summed E-state index contributed by atoms with van der Waals surface area (Å²) >= 11 is 0. The molecular formula is C24H21NO. The van der Waals surface area contributed by atoms with Crippen LogP contribution in [0.3, 0.4) is 0 Å². The van der Waals surface area contributed by atoms with Gasteiger partial charge in [0.15, 0.2) is 0 Å². The molecule has 0 fully saturated rings. The van der Waals surface area contributed by atoms with Gasteiger partial charge in [-0.2, -0.15) is 0 Å². The van der Waals surface area contributed by atoms with Gasteiger partial charge >= 0.3 is 0 Å². The summed E-state index contributed by atoms with van der Waals surface area (Å²) in [6, 6.07) is 23.9. The van der Waals surface area contributed by atoms with Crippen LogP contribution >= 0.6 is 0 Å². The molecule has 0 aliphatic heterocycles. The Kier molecular flexibility index (Phi) is 3.39. The number of fused-ring (bicyclic) bond motifs is 5. The third-order valence-electron chi connectivity index (χ3n) is 5.48. The predicted octanol–water partition coefficient (Wildman–Crippen LogP) is 5.58. The number of hydrogen-bond donors (Lipinski definition) is 0. The van der Waals surface area contributed by atoms with Crippen LogP contribution in [0.25, 0.3) is 22.2 Å². The fourth-order valence-corrected chi connectivity index (χ4v) is 4.29. The number of rotatable bonds is 3. The average Bonchev–Trinajstić information content (AvgIpc) is 3.18. The third kappa shape index (κ3) is 2.19. The fraction of sp³-hybridized carbons (Fsp3) is 0.167. The van der Waals surface area contributed by atoms with Crippen molar-refractivity contribution in [2.24, 2.45) is 0 Å². The summed E-state index contributed by atoms with van der Waals surface area (Å²) < 4.78 is 8.07. The van der Waals surface area contributed by atoms with Gasteiger partial charge in [0.05, 0.1) is 19.3 Å². The highest BCUT2D eigenvalue weighted by Crippen LogP contribution is 2.43. The second-order valence-corrected chi connectivity index (χ2v) is 7.08. The van der Waals surface area contributed by atoms with Gasteiger partial charge in [0, 0.05) is 28.5 Å². The van der Waals surface area contributed by atoms with Gasteiger partial charge in [0.2, 0.25) is 0 Å². The minimum Gasteiger partial charge on any atom is -0.496 e. The molecule has 1 aromatic heterocycles. The van der Waals surface area contributed by atoms with Crippen molar-refractivity contribution in [2.45, 2.75) is 19.9 Å². The first kappa shape index (κ1) is 15.3. The number of para-hydroxylation sites is 1. The molecule has 5 rings (SSSR count). The molecule has 4 aromatic rings. The van der Waals surface area contributed by atoms with E-state index in [0.717, 1.165) is 18.7 Å². The van der Waals surface area contributed by atoms with Crippen LogP contribution in [0.5, 0.6) is 5.75 Å². The van der Waals surface area contributed by atoms with Gasteiger partial charge in [-0.25, -0.2) is 0 Å². The second kappa shape index (κ2) is 5.77. The molecule has 3 aromatic carbocycles. The largest absolute Gasteiger partial charge is 0.496 e. The zero-order chi connectivity index (χ0) is 17.7. The van der Waals surface area contributed by atoms with Crippen molar-refractivity contribution in [3.8, 4) is 17.0 Å². The molecule has 0 N–H and O–H groups in total. The Morgan fingerprint density at radius 3 is 2.65 bits per heavy atom. The zero-order valence-corrected chi connectivity index (χ0v) is 15.1. The number of aryl methyl sites for hydroxylation is 1. The van der Waals surface area contributed by atoms with Gasteiger partial charge in [0.25, 0.3) is 0 Å². The SMILES string of the molecule is COc1ccccc1Cn1c2c(c3cc(C)ccc31)Cc1ccccc1-2. The van der Waals surface area contributed by atoms with E-state index in [1.54, 1.807) is 7.11 Å². The third-order valence-corrected chi connectivity index (χ3v) is 5.48. The first-order valence-electron chi connectivity index (χ1n) is 9.08. The first-order chi connectivity index (χ1) is 12.8. The van der Waals surface area contributed by atoms with Crippen LogP contribution in [0, 0.1) is 6.92 Å². The normalized spacial score (nSPS) is 12.2. The molecule has 2 nitrogen and oxygen atoms in total. The first-order valence-corrected chi connectivity index (χ1v) is 9.08. The molecule has 0 unspecified atom stereocenters. The second-order valence-electron chi connectivity index (χ2n) is 7.08.